The standard InChI is InChI=1S/C26H31N3O6S/c1-15-6-8-18(9-7-15)23-22(24(30)27-3)20-13-19(17-10-11-17)21(29-25(20)35-23)14-36(33,34)28-12-4-5-16(2)26(31)32/h6-9,13,16-17,28H,4-5,10-12,14H2,1-3H3,(H,27,30)(H,31,32)/t16-/m1/s1. The Kier molecular flexibility index (Phi) is 7.46. The summed E-state index contributed by atoms with van der Waals surface area (Å²) in [5, 5.41) is 12.2. The second kappa shape index (κ2) is 10.4. The number of carbonyl (C=O) groups excluding carboxylic acids is 1. The van der Waals surface area contributed by atoms with Crippen molar-refractivity contribution in [1.29, 1.82) is 0 Å². The Morgan fingerprint density at radius 2 is 1.92 bits per heavy atom. The Morgan fingerprint density at radius 3 is 2.53 bits per heavy atom. The van der Waals surface area contributed by atoms with E-state index in [0.717, 1.165) is 29.5 Å². The van der Waals surface area contributed by atoms with Crippen molar-refractivity contribution in [2.45, 2.75) is 51.2 Å². The van der Waals surface area contributed by atoms with Crippen molar-refractivity contribution >= 4 is 33.0 Å². The van der Waals surface area contributed by atoms with Crippen LogP contribution in [0.25, 0.3) is 22.4 Å². The second-order valence-electron chi connectivity index (χ2n) is 9.44. The van der Waals surface area contributed by atoms with E-state index in [1.54, 1.807) is 14.0 Å². The van der Waals surface area contributed by atoms with Gasteiger partial charge in [0.2, 0.25) is 15.7 Å². The molecule has 0 radical (unpaired) electrons. The number of carboxylic acid groups (broad SMARTS) is 1. The number of aromatic nitrogens is 1. The summed E-state index contributed by atoms with van der Waals surface area (Å²) in [4.78, 5) is 28.4. The highest BCUT2D eigenvalue weighted by Crippen LogP contribution is 2.44. The van der Waals surface area contributed by atoms with Gasteiger partial charge in [0.25, 0.3) is 5.91 Å². The maximum Gasteiger partial charge on any atom is 0.306 e. The van der Waals surface area contributed by atoms with Gasteiger partial charge in [-0.3, -0.25) is 9.59 Å². The first-order valence-corrected chi connectivity index (χ1v) is 13.7. The molecule has 0 spiro atoms. The third kappa shape index (κ3) is 5.76. The minimum Gasteiger partial charge on any atom is -0.481 e. The van der Waals surface area contributed by atoms with Crippen LogP contribution in [0.15, 0.2) is 34.7 Å². The summed E-state index contributed by atoms with van der Waals surface area (Å²) in [7, 11) is -2.16. The Balaban J connectivity index is 1.66. The number of sulfonamides is 1. The number of aryl methyl sites for hydroxylation is 1. The topological polar surface area (TPSA) is 139 Å². The van der Waals surface area contributed by atoms with Crippen LogP contribution in [0.1, 0.15) is 65.7 Å². The number of fused-ring (bicyclic) bond motifs is 1. The summed E-state index contributed by atoms with van der Waals surface area (Å²) in [6.45, 7) is 3.72. The molecule has 2 aromatic heterocycles. The van der Waals surface area contributed by atoms with Crippen LogP contribution in [-0.2, 0) is 20.6 Å². The molecule has 3 N–H and O–H groups in total. The van der Waals surface area contributed by atoms with Crippen LogP contribution < -0.4 is 10.0 Å². The van der Waals surface area contributed by atoms with Crippen LogP contribution in [0, 0.1) is 12.8 Å². The number of nitrogens with one attached hydrogen (secondary N) is 2. The molecule has 1 aliphatic carbocycles. The highest BCUT2D eigenvalue weighted by Gasteiger charge is 2.31. The van der Waals surface area contributed by atoms with Crippen molar-refractivity contribution in [3.63, 3.8) is 0 Å². The van der Waals surface area contributed by atoms with E-state index < -0.39 is 21.9 Å². The third-order valence-electron chi connectivity index (χ3n) is 6.46. The predicted octanol–water partition coefficient (Wildman–Crippen LogP) is 3.96. The van der Waals surface area contributed by atoms with Crippen molar-refractivity contribution in [2.24, 2.45) is 5.92 Å². The molecule has 0 saturated heterocycles. The molecule has 1 amide bonds. The number of aliphatic carboxylic acids is 1. The average molecular weight is 514 g/mol. The largest absolute Gasteiger partial charge is 0.481 e. The summed E-state index contributed by atoms with van der Waals surface area (Å²) < 4.78 is 34.3. The Labute approximate surface area is 210 Å². The Morgan fingerprint density at radius 1 is 1.22 bits per heavy atom. The fourth-order valence-corrected chi connectivity index (χ4v) is 5.34. The number of carboxylic acids is 1. The molecule has 1 saturated carbocycles. The zero-order valence-corrected chi connectivity index (χ0v) is 21.4. The van der Waals surface area contributed by atoms with E-state index >= 15 is 0 Å². The molecule has 3 aromatic rings. The zero-order chi connectivity index (χ0) is 26.0. The summed E-state index contributed by atoms with van der Waals surface area (Å²) in [5.74, 6) is -1.46. The lowest BCUT2D eigenvalue weighted by atomic mass is 10.0. The summed E-state index contributed by atoms with van der Waals surface area (Å²) >= 11 is 0. The molecule has 9 nitrogen and oxygen atoms in total. The lowest BCUT2D eigenvalue weighted by Gasteiger charge is -2.11. The minimum atomic E-state index is -3.71. The fraction of sp³-hybridized carbons (Fsp3) is 0.423. The first-order chi connectivity index (χ1) is 17.1. The van der Waals surface area contributed by atoms with Crippen molar-refractivity contribution in [3.05, 3.63) is 52.7 Å². The van der Waals surface area contributed by atoms with Crippen LogP contribution in [0.3, 0.4) is 0 Å². The van der Waals surface area contributed by atoms with Gasteiger partial charge in [-0.05, 0) is 50.2 Å². The van der Waals surface area contributed by atoms with Crippen LogP contribution in [0.5, 0.6) is 0 Å². The van der Waals surface area contributed by atoms with Gasteiger partial charge in [-0.15, -0.1) is 0 Å². The van der Waals surface area contributed by atoms with Gasteiger partial charge in [-0.1, -0.05) is 36.8 Å². The van der Waals surface area contributed by atoms with E-state index in [0.29, 0.717) is 35.2 Å². The van der Waals surface area contributed by atoms with E-state index in [1.165, 1.54) is 0 Å². The quantitative estimate of drug-likeness (QED) is 0.330. The smallest absolute Gasteiger partial charge is 0.306 e. The number of rotatable bonds is 11. The average Bonchev–Trinajstić information content (AvgIpc) is 3.61. The van der Waals surface area contributed by atoms with Crippen LogP contribution in [-0.4, -0.2) is 44.0 Å². The summed E-state index contributed by atoms with van der Waals surface area (Å²) in [6, 6.07) is 9.47. The lowest BCUT2D eigenvalue weighted by Crippen LogP contribution is -2.27. The van der Waals surface area contributed by atoms with Crippen LogP contribution in [0.2, 0.25) is 0 Å². The maximum atomic E-state index is 12.9. The number of carbonyl (C=O) groups is 2. The third-order valence-corrected chi connectivity index (χ3v) is 7.76. The SMILES string of the molecule is CNC(=O)c1c(-c2ccc(C)cc2)oc2nc(CS(=O)(=O)NCCC[C@@H](C)C(=O)O)c(C3CC3)cc12. The van der Waals surface area contributed by atoms with E-state index in [-0.39, 0.29) is 29.8 Å². The summed E-state index contributed by atoms with van der Waals surface area (Å²) in [6.07, 6.45) is 2.66. The van der Waals surface area contributed by atoms with Crippen molar-refractivity contribution in [1.82, 2.24) is 15.0 Å². The molecule has 4 rings (SSSR count). The van der Waals surface area contributed by atoms with Gasteiger partial charge in [0.1, 0.15) is 11.5 Å². The van der Waals surface area contributed by atoms with Crippen molar-refractivity contribution < 1.29 is 27.5 Å². The molecule has 0 aliphatic heterocycles. The monoisotopic (exact) mass is 513 g/mol. The second-order valence-corrected chi connectivity index (χ2v) is 11.2. The number of hydrogen-bond acceptors (Lipinski definition) is 6. The molecule has 0 bridgehead atoms. The molecule has 1 atom stereocenters. The predicted molar refractivity (Wildman–Crippen MR) is 136 cm³/mol. The van der Waals surface area contributed by atoms with Crippen molar-refractivity contribution in [2.75, 3.05) is 13.6 Å². The van der Waals surface area contributed by atoms with Crippen LogP contribution >= 0.6 is 0 Å². The lowest BCUT2D eigenvalue weighted by molar-refractivity contribution is -0.141. The van der Waals surface area contributed by atoms with Gasteiger partial charge in [-0.25, -0.2) is 18.1 Å². The van der Waals surface area contributed by atoms with Gasteiger partial charge in [0.05, 0.1) is 22.6 Å². The molecular formula is C26H31N3O6S. The minimum absolute atomic E-state index is 0.153. The molecule has 10 heteroatoms. The van der Waals surface area contributed by atoms with E-state index in [1.807, 2.05) is 37.3 Å². The van der Waals surface area contributed by atoms with E-state index in [4.69, 9.17) is 9.52 Å². The normalized spacial score (nSPS) is 14.6. The molecule has 1 aliphatic rings. The first-order valence-electron chi connectivity index (χ1n) is 12.0. The molecule has 36 heavy (non-hydrogen) atoms. The van der Waals surface area contributed by atoms with Crippen LogP contribution in [0.4, 0.5) is 0 Å². The van der Waals surface area contributed by atoms with Gasteiger partial charge in [0.15, 0.2) is 0 Å². The Bertz CT molecular complexity index is 1390. The molecule has 1 aromatic carbocycles. The van der Waals surface area contributed by atoms with E-state index in [2.05, 4.69) is 15.0 Å². The first kappa shape index (κ1) is 25.8. The number of nitrogens with zero attached hydrogens (tertiary/aromatic N) is 1. The molecular weight excluding hydrogens is 482 g/mol. The number of hydrogen-bond donors (Lipinski definition) is 3. The molecule has 2 heterocycles. The van der Waals surface area contributed by atoms with E-state index in [9.17, 15) is 18.0 Å². The molecule has 192 valence electrons. The van der Waals surface area contributed by atoms with Gasteiger partial charge in [-0.2, -0.15) is 0 Å². The van der Waals surface area contributed by atoms with Gasteiger partial charge in [0, 0.05) is 19.2 Å². The van der Waals surface area contributed by atoms with Gasteiger partial charge < -0.3 is 14.8 Å². The zero-order valence-electron chi connectivity index (χ0n) is 20.6. The summed E-state index contributed by atoms with van der Waals surface area (Å²) in [5.41, 5.74) is 3.62. The van der Waals surface area contributed by atoms with Gasteiger partial charge >= 0.3 is 5.97 Å². The number of pyridine rings is 1. The number of furan rings is 1. The highest BCUT2D eigenvalue weighted by molar-refractivity contribution is 7.88. The Hall–Kier alpha value is -3.24. The number of benzene rings is 1. The fourth-order valence-electron chi connectivity index (χ4n) is 4.19. The maximum absolute atomic E-state index is 12.9. The highest BCUT2D eigenvalue weighted by atomic mass is 32.2. The molecule has 1 fully saturated rings. The van der Waals surface area contributed by atoms with Crippen molar-refractivity contribution in [3.8, 4) is 11.3 Å². The molecule has 0 unspecified atom stereocenters. The number of amides is 1.